The Morgan fingerprint density at radius 2 is 2.06 bits per heavy atom. The van der Waals surface area contributed by atoms with Gasteiger partial charge in [0.15, 0.2) is 0 Å². The second kappa shape index (κ2) is 4.78. The topological polar surface area (TPSA) is 58.6 Å². The number of ether oxygens (including phenoxy) is 1. The molecule has 0 spiro atoms. The molecule has 2 aliphatic rings. The molecule has 0 aromatic carbocycles. The van der Waals surface area contributed by atoms with Crippen molar-refractivity contribution >= 4 is 12.0 Å². The molecule has 1 heterocycles. The molecule has 1 saturated heterocycles. The quantitative estimate of drug-likeness (QED) is 0.762. The third-order valence-corrected chi connectivity index (χ3v) is 3.42. The van der Waals surface area contributed by atoms with Gasteiger partial charge in [0.1, 0.15) is 12.1 Å². The Kier molecular flexibility index (Phi) is 3.50. The summed E-state index contributed by atoms with van der Waals surface area (Å²) in [4.78, 5) is 25.3. The summed E-state index contributed by atoms with van der Waals surface area (Å²) in [5.74, 6) is -0.330. The summed E-state index contributed by atoms with van der Waals surface area (Å²) < 4.78 is 5.27. The Bertz CT molecular complexity index is 349. The molecular weight excluding hydrogens is 232 g/mol. The zero-order valence-electron chi connectivity index (χ0n) is 11.4. The maximum Gasteiger partial charge on any atom is 0.326 e. The van der Waals surface area contributed by atoms with Crippen molar-refractivity contribution in [3.05, 3.63) is 0 Å². The van der Waals surface area contributed by atoms with Crippen LogP contribution in [-0.4, -0.2) is 41.1 Å². The molecule has 1 saturated carbocycles. The zero-order chi connectivity index (χ0) is 13.3. The van der Waals surface area contributed by atoms with Gasteiger partial charge in [-0.3, -0.25) is 4.79 Å². The predicted octanol–water partition coefficient (Wildman–Crippen LogP) is 1.66. The van der Waals surface area contributed by atoms with E-state index in [-0.39, 0.29) is 30.6 Å². The van der Waals surface area contributed by atoms with Crippen molar-refractivity contribution in [3.63, 3.8) is 0 Å². The minimum atomic E-state index is -0.501. The lowest BCUT2D eigenvalue weighted by Crippen LogP contribution is -2.43. The van der Waals surface area contributed by atoms with Gasteiger partial charge in [-0.15, -0.1) is 0 Å². The van der Waals surface area contributed by atoms with Crippen molar-refractivity contribution in [2.45, 2.75) is 64.1 Å². The van der Waals surface area contributed by atoms with Crippen molar-refractivity contribution in [3.8, 4) is 0 Å². The van der Waals surface area contributed by atoms with Crippen LogP contribution in [0.25, 0.3) is 0 Å². The molecule has 2 fully saturated rings. The Morgan fingerprint density at radius 3 is 2.72 bits per heavy atom. The van der Waals surface area contributed by atoms with Crippen LogP contribution in [0.15, 0.2) is 0 Å². The summed E-state index contributed by atoms with van der Waals surface area (Å²) in [5.41, 5.74) is -0.501. The number of hydrogen-bond donors (Lipinski definition) is 1. The molecule has 1 aliphatic carbocycles. The number of amides is 2. The van der Waals surface area contributed by atoms with E-state index in [2.05, 4.69) is 5.32 Å². The van der Waals surface area contributed by atoms with E-state index in [1.165, 1.54) is 0 Å². The molecular formula is C13H22N2O3. The minimum Gasteiger partial charge on any atom is -0.459 e. The van der Waals surface area contributed by atoms with Crippen molar-refractivity contribution in [1.82, 2.24) is 10.2 Å². The highest BCUT2D eigenvalue weighted by atomic mass is 16.6. The molecule has 1 N–H and O–H groups in total. The van der Waals surface area contributed by atoms with Crippen molar-refractivity contribution in [2.75, 3.05) is 6.54 Å². The Hall–Kier alpha value is -1.26. The highest BCUT2D eigenvalue weighted by Gasteiger charge is 2.41. The SMILES string of the molecule is CC(C)(C)OC(=O)CN1C(=O)N[C@@H]2CCCC[C@@H]21. The van der Waals surface area contributed by atoms with E-state index in [0.717, 1.165) is 25.7 Å². The lowest BCUT2D eigenvalue weighted by molar-refractivity contribution is -0.155. The number of rotatable bonds is 2. The number of carbonyl (C=O) groups is 2. The van der Waals surface area contributed by atoms with E-state index < -0.39 is 5.60 Å². The summed E-state index contributed by atoms with van der Waals surface area (Å²) >= 11 is 0. The van der Waals surface area contributed by atoms with E-state index >= 15 is 0 Å². The summed E-state index contributed by atoms with van der Waals surface area (Å²) in [6.07, 6.45) is 4.27. The molecule has 18 heavy (non-hydrogen) atoms. The van der Waals surface area contributed by atoms with Crippen molar-refractivity contribution in [1.29, 1.82) is 0 Å². The fraction of sp³-hybridized carbons (Fsp3) is 0.846. The monoisotopic (exact) mass is 254 g/mol. The Balaban J connectivity index is 1.96. The van der Waals surface area contributed by atoms with Crippen LogP contribution in [0.5, 0.6) is 0 Å². The van der Waals surface area contributed by atoms with Crippen LogP contribution in [0.4, 0.5) is 4.79 Å². The Labute approximate surface area is 108 Å². The second-order valence-corrected chi connectivity index (χ2v) is 6.12. The van der Waals surface area contributed by atoms with Crippen LogP contribution < -0.4 is 5.32 Å². The summed E-state index contributed by atoms with van der Waals surface area (Å²) in [7, 11) is 0. The minimum absolute atomic E-state index is 0.0598. The maximum atomic E-state index is 11.8. The normalized spacial score (nSPS) is 27.7. The van der Waals surface area contributed by atoms with Gasteiger partial charge < -0.3 is 15.0 Å². The third-order valence-electron chi connectivity index (χ3n) is 3.42. The highest BCUT2D eigenvalue weighted by molar-refractivity contribution is 5.83. The van der Waals surface area contributed by atoms with Gasteiger partial charge in [-0.05, 0) is 33.6 Å². The average molecular weight is 254 g/mol. The molecule has 0 radical (unpaired) electrons. The molecule has 5 heteroatoms. The molecule has 2 amide bonds. The van der Waals surface area contributed by atoms with Gasteiger partial charge >= 0.3 is 12.0 Å². The number of fused-ring (bicyclic) bond motifs is 1. The van der Waals surface area contributed by atoms with Crippen LogP contribution in [0, 0.1) is 0 Å². The van der Waals surface area contributed by atoms with Gasteiger partial charge in [0, 0.05) is 0 Å². The molecule has 0 unspecified atom stereocenters. The largest absolute Gasteiger partial charge is 0.459 e. The van der Waals surface area contributed by atoms with Crippen molar-refractivity contribution < 1.29 is 14.3 Å². The number of urea groups is 1. The third kappa shape index (κ3) is 2.94. The summed E-state index contributed by atoms with van der Waals surface area (Å²) in [5, 5.41) is 2.95. The molecule has 102 valence electrons. The van der Waals surface area contributed by atoms with Crippen LogP contribution in [0.1, 0.15) is 46.5 Å². The first-order chi connectivity index (χ1) is 8.37. The number of nitrogens with zero attached hydrogens (tertiary/aromatic N) is 1. The van der Waals surface area contributed by atoms with Gasteiger partial charge in [0.05, 0.1) is 12.1 Å². The molecule has 0 aromatic rings. The van der Waals surface area contributed by atoms with Gasteiger partial charge in [0.2, 0.25) is 0 Å². The fourth-order valence-corrected chi connectivity index (χ4v) is 2.75. The first kappa shape index (κ1) is 13.2. The lowest BCUT2D eigenvalue weighted by atomic mass is 9.91. The number of carbonyl (C=O) groups excluding carboxylic acids is 2. The van der Waals surface area contributed by atoms with Gasteiger partial charge in [-0.1, -0.05) is 12.8 Å². The van der Waals surface area contributed by atoms with Gasteiger partial charge in [0.25, 0.3) is 0 Å². The standard InChI is InChI=1S/C13H22N2O3/c1-13(2,3)18-11(16)8-15-10-7-5-4-6-9(10)14-12(15)17/h9-10H,4-8H2,1-3H3,(H,14,17)/t9-,10+/m1/s1. The van der Waals surface area contributed by atoms with Crippen molar-refractivity contribution in [2.24, 2.45) is 0 Å². The number of esters is 1. The molecule has 1 aliphatic heterocycles. The molecule has 5 nitrogen and oxygen atoms in total. The summed E-state index contributed by atoms with van der Waals surface area (Å²) in [6.45, 7) is 5.55. The molecule has 2 rings (SSSR count). The van der Waals surface area contributed by atoms with Crippen LogP contribution in [0.3, 0.4) is 0 Å². The molecule has 0 bridgehead atoms. The van der Waals surface area contributed by atoms with Crippen LogP contribution in [0.2, 0.25) is 0 Å². The van der Waals surface area contributed by atoms with E-state index in [4.69, 9.17) is 4.74 Å². The van der Waals surface area contributed by atoms with Gasteiger partial charge in [-0.25, -0.2) is 4.79 Å². The second-order valence-electron chi connectivity index (χ2n) is 6.12. The average Bonchev–Trinajstić information content (AvgIpc) is 2.53. The van der Waals surface area contributed by atoms with Gasteiger partial charge in [-0.2, -0.15) is 0 Å². The van der Waals surface area contributed by atoms with E-state index in [1.807, 2.05) is 20.8 Å². The van der Waals surface area contributed by atoms with E-state index in [9.17, 15) is 9.59 Å². The first-order valence-electron chi connectivity index (χ1n) is 6.66. The number of nitrogens with one attached hydrogen (secondary N) is 1. The van der Waals surface area contributed by atoms with Crippen LogP contribution in [-0.2, 0) is 9.53 Å². The smallest absolute Gasteiger partial charge is 0.326 e. The fourth-order valence-electron chi connectivity index (χ4n) is 2.75. The van der Waals surface area contributed by atoms with Crippen LogP contribution >= 0.6 is 0 Å². The maximum absolute atomic E-state index is 11.8. The Morgan fingerprint density at radius 1 is 1.39 bits per heavy atom. The number of hydrogen-bond acceptors (Lipinski definition) is 3. The zero-order valence-corrected chi connectivity index (χ0v) is 11.4. The summed E-state index contributed by atoms with van der Waals surface area (Å²) in [6, 6.07) is 0.255. The highest BCUT2D eigenvalue weighted by Crippen LogP contribution is 2.27. The molecule has 2 atom stereocenters. The predicted molar refractivity (Wildman–Crippen MR) is 67.1 cm³/mol. The molecule has 0 aromatic heterocycles. The van der Waals surface area contributed by atoms with E-state index in [1.54, 1.807) is 4.90 Å². The lowest BCUT2D eigenvalue weighted by Gasteiger charge is -2.30. The first-order valence-corrected chi connectivity index (χ1v) is 6.66. The van der Waals surface area contributed by atoms with E-state index in [0.29, 0.717) is 0 Å².